The number of unbranched alkanes of at least 4 members (excludes halogenated alkanes) is 3. The quantitative estimate of drug-likeness (QED) is 0.558. The summed E-state index contributed by atoms with van der Waals surface area (Å²) in [5, 5.41) is 2.58. The Morgan fingerprint density at radius 3 is 2.50 bits per heavy atom. The number of methoxy groups -OCH3 is 1. The van der Waals surface area contributed by atoms with Crippen molar-refractivity contribution in [3.05, 3.63) is 23.8 Å². The SMILES string of the molecule is CCCCCCC(C)N(C(=O)NC)C(=O)C1(c2ccc(OC)c(N=S(=O)=O)c2)CC1. The maximum atomic E-state index is 13.5. The van der Waals surface area contributed by atoms with E-state index in [0.717, 1.165) is 32.1 Å². The topological polar surface area (TPSA) is 105 Å². The Hall–Kier alpha value is -2.42. The zero-order valence-electron chi connectivity index (χ0n) is 18.1. The largest absolute Gasteiger partial charge is 0.494 e. The fourth-order valence-corrected chi connectivity index (χ4v) is 4.03. The maximum absolute atomic E-state index is 13.5. The van der Waals surface area contributed by atoms with Gasteiger partial charge in [0.25, 0.3) is 0 Å². The number of hydrogen-bond acceptors (Lipinski definition) is 6. The van der Waals surface area contributed by atoms with Crippen LogP contribution in [0.15, 0.2) is 22.6 Å². The second kappa shape index (κ2) is 10.6. The average Bonchev–Trinajstić information content (AvgIpc) is 3.52. The fraction of sp³-hybridized carbons (Fsp3) is 0.619. The van der Waals surface area contributed by atoms with E-state index in [-0.39, 0.29) is 17.6 Å². The Balaban J connectivity index is 2.33. The van der Waals surface area contributed by atoms with Crippen LogP contribution in [0.4, 0.5) is 10.5 Å². The molecule has 1 aliphatic carbocycles. The van der Waals surface area contributed by atoms with Crippen LogP contribution >= 0.6 is 0 Å². The first kappa shape index (κ1) is 23.9. The molecule has 9 heteroatoms. The molecule has 0 aromatic heterocycles. The maximum Gasteiger partial charge on any atom is 0.324 e. The molecule has 166 valence electrons. The number of carbonyl (C=O) groups excluding carboxylic acids is 2. The molecule has 1 saturated carbocycles. The molecule has 1 N–H and O–H groups in total. The van der Waals surface area contributed by atoms with Gasteiger partial charge in [-0.15, -0.1) is 4.36 Å². The van der Waals surface area contributed by atoms with Crippen molar-refractivity contribution in [3.8, 4) is 5.75 Å². The van der Waals surface area contributed by atoms with E-state index in [1.165, 1.54) is 19.1 Å². The highest BCUT2D eigenvalue weighted by Gasteiger charge is 2.55. The summed E-state index contributed by atoms with van der Waals surface area (Å²) in [6.07, 6.45) is 6.19. The smallest absolute Gasteiger partial charge is 0.324 e. The van der Waals surface area contributed by atoms with Crippen molar-refractivity contribution in [3.63, 3.8) is 0 Å². The Bertz CT molecular complexity index is 901. The van der Waals surface area contributed by atoms with Crippen molar-refractivity contribution in [1.82, 2.24) is 10.2 Å². The van der Waals surface area contributed by atoms with Crippen molar-refractivity contribution in [2.75, 3.05) is 14.2 Å². The molecule has 30 heavy (non-hydrogen) atoms. The van der Waals surface area contributed by atoms with Crippen LogP contribution in [-0.2, 0) is 20.7 Å². The van der Waals surface area contributed by atoms with Gasteiger partial charge in [-0.1, -0.05) is 38.7 Å². The molecule has 1 aromatic carbocycles. The molecule has 2 rings (SSSR count). The molecule has 3 amide bonds. The average molecular weight is 438 g/mol. The van der Waals surface area contributed by atoms with Crippen LogP contribution in [-0.4, -0.2) is 45.5 Å². The van der Waals surface area contributed by atoms with Gasteiger partial charge < -0.3 is 10.1 Å². The van der Waals surface area contributed by atoms with E-state index in [2.05, 4.69) is 16.6 Å². The lowest BCUT2D eigenvalue weighted by Gasteiger charge is -2.31. The summed E-state index contributed by atoms with van der Waals surface area (Å²) >= 11 is 0. The molecule has 1 aromatic rings. The number of rotatable bonds is 10. The molecule has 0 bridgehead atoms. The first-order chi connectivity index (χ1) is 14.3. The van der Waals surface area contributed by atoms with E-state index in [0.29, 0.717) is 24.2 Å². The number of carbonyl (C=O) groups is 2. The lowest BCUT2D eigenvalue weighted by molar-refractivity contribution is -0.132. The van der Waals surface area contributed by atoms with Gasteiger partial charge in [0.2, 0.25) is 5.91 Å². The third-order valence-electron chi connectivity index (χ3n) is 5.63. The van der Waals surface area contributed by atoms with Crippen LogP contribution in [0.3, 0.4) is 0 Å². The van der Waals surface area contributed by atoms with Crippen LogP contribution in [0.1, 0.15) is 64.4 Å². The molecule has 0 saturated heterocycles. The highest BCUT2D eigenvalue weighted by atomic mass is 32.2. The van der Waals surface area contributed by atoms with Crippen LogP contribution in [0, 0.1) is 0 Å². The second-order valence-corrected chi connectivity index (χ2v) is 8.32. The van der Waals surface area contributed by atoms with Gasteiger partial charge in [0, 0.05) is 13.1 Å². The summed E-state index contributed by atoms with van der Waals surface area (Å²) in [6, 6.07) is 4.25. The number of ether oxygens (including phenoxy) is 1. The highest BCUT2D eigenvalue weighted by Crippen LogP contribution is 2.51. The minimum Gasteiger partial charge on any atom is -0.494 e. The van der Waals surface area contributed by atoms with E-state index in [9.17, 15) is 18.0 Å². The third kappa shape index (κ3) is 5.38. The Morgan fingerprint density at radius 2 is 1.97 bits per heavy atom. The zero-order valence-corrected chi connectivity index (χ0v) is 18.9. The van der Waals surface area contributed by atoms with Gasteiger partial charge in [0.05, 0.1) is 12.5 Å². The number of benzene rings is 1. The van der Waals surface area contributed by atoms with Gasteiger partial charge in [-0.2, -0.15) is 8.42 Å². The van der Waals surface area contributed by atoms with Crippen LogP contribution < -0.4 is 10.1 Å². The molecule has 8 nitrogen and oxygen atoms in total. The molecule has 1 aliphatic rings. The van der Waals surface area contributed by atoms with Crippen molar-refractivity contribution in [2.24, 2.45) is 4.36 Å². The molecule has 0 aliphatic heterocycles. The van der Waals surface area contributed by atoms with Gasteiger partial charge in [-0.3, -0.25) is 9.69 Å². The number of hydrogen-bond donors (Lipinski definition) is 1. The second-order valence-electron chi connectivity index (χ2n) is 7.71. The van der Waals surface area contributed by atoms with Crippen molar-refractivity contribution < 1.29 is 22.7 Å². The lowest BCUT2D eigenvalue weighted by Crippen LogP contribution is -2.51. The standard InChI is InChI=1S/C21H31N3O5S/c1-5-6-7-8-9-15(2)24(20(26)22-3)19(25)21(12-13-21)16-10-11-18(29-4)17(14-16)23-30(27)28/h10-11,14-15H,5-9,12-13H2,1-4H3,(H,22,26). The summed E-state index contributed by atoms with van der Waals surface area (Å²) in [4.78, 5) is 27.4. The molecular weight excluding hydrogens is 406 g/mol. The summed E-state index contributed by atoms with van der Waals surface area (Å²) < 4.78 is 30.9. The first-order valence-corrected chi connectivity index (χ1v) is 11.4. The van der Waals surface area contributed by atoms with Gasteiger partial charge in [-0.05, 0) is 43.9 Å². The third-order valence-corrected chi connectivity index (χ3v) is 5.98. The van der Waals surface area contributed by atoms with E-state index in [1.54, 1.807) is 18.2 Å². The van der Waals surface area contributed by atoms with Crippen LogP contribution in [0.25, 0.3) is 0 Å². The molecule has 0 radical (unpaired) electrons. The highest BCUT2D eigenvalue weighted by molar-refractivity contribution is 7.61. The van der Waals surface area contributed by atoms with Gasteiger partial charge in [0.15, 0.2) is 0 Å². The Morgan fingerprint density at radius 1 is 1.27 bits per heavy atom. The number of amides is 3. The fourth-order valence-electron chi connectivity index (χ4n) is 3.73. The number of nitrogens with zero attached hydrogens (tertiary/aromatic N) is 2. The van der Waals surface area contributed by atoms with Gasteiger partial charge in [-0.25, -0.2) is 4.79 Å². The molecular formula is C21H31N3O5S. The van der Waals surface area contributed by atoms with E-state index >= 15 is 0 Å². The first-order valence-electron chi connectivity index (χ1n) is 10.4. The Labute approximate surface area is 179 Å². The van der Waals surface area contributed by atoms with E-state index in [1.807, 2.05) is 6.92 Å². The van der Waals surface area contributed by atoms with E-state index in [4.69, 9.17) is 4.74 Å². The summed E-state index contributed by atoms with van der Waals surface area (Å²) in [6.45, 7) is 4.03. The molecule has 1 unspecified atom stereocenters. The number of nitrogens with one attached hydrogen (secondary N) is 1. The predicted molar refractivity (Wildman–Crippen MR) is 114 cm³/mol. The summed E-state index contributed by atoms with van der Waals surface area (Å²) in [7, 11) is 0.289. The van der Waals surface area contributed by atoms with E-state index < -0.39 is 21.9 Å². The zero-order chi connectivity index (χ0) is 22.3. The van der Waals surface area contributed by atoms with Crippen LogP contribution in [0.5, 0.6) is 5.75 Å². The van der Waals surface area contributed by atoms with Crippen molar-refractivity contribution >= 4 is 28.1 Å². The molecule has 1 atom stereocenters. The minimum atomic E-state index is -2.65. The van der Waals surface area contributed by atoms with Gasteiger partial charge in [0.1, 0.15) is 11.4 Å². The summed E-state index contributed by atoms with van der Waals surface area (Å²) in [5.74, 6) is 0.0443. The molecule has 1 fully saturated rings. The van der Waals surface area contributed by atoms with Gasteiger partial charge >= 0.3 is 16.5 Å². The Kier molecular flexibility index (Phi) is 8.40. The number of urea groups is 1. The minimum absolute atomic E-state index is 0.140. The monoisotopic (exact) mass is 437 g/mol. The normalized spacial score (nSPS) is 15.1. The van der Waals surface area contributed by atoms with Crippen molar-refractivity contribution in [2.45, 2.75) is 70.3 Å². The molecule has 0 spiro atoms. The lowest BCUT2D eigenvalue weighted by atomic mass is 9.92. The van der Waals surface area contributed by atoms with Crippen molar-refractivity contribution in [1.29, 1.82) is 0 Å². The van der Waals surface area contributed by atoms with Crippen LogP contribution in [0.2, 0.25) is 0 Å². The summed E-state index contributed by atoms with van der Waals surface area (Å²) in [5.41, 5.74) is -0.0587. The molecule has 0 heterocycles. The number of imide groups is 1. The predicted octanol–water partition coefficient (Wildman–Crippen LogP) is 3.95.